The van der Waals surface area contributed by atoms with E-state index in [2.05, 4.69) is 25.1 Å². The molecule has 1 aromatic rings. The van der Waals surface area contributed by atoms with E-state index >= 15 is 0 Å². The Morgan fingerprint density at radius 3 is 3.00 bits per heavy atom. The summed E-state index contributed by atoms with van der Waals surface area (Å²) in [5.41, 5.74) is 2.55. The van der Waals surface area contributed by atoms with Gasteiger partial charge in [0.25, 0.3) is 0 Å². The number of aliphatic carboxylic acids is 1. The number of benzene rings is 1. The van der Waals surface area contributed by atoms with Gasteiger partial charge < -0.3 is 5.11 Å². The minimum atomic E-state index is -0.732. The monoisotopic (exact) mass is 216 g/mol. The molecule has 2 heteroatoms. The van der Waals surface area contributed by atoms with Gasteiger partial charge in [-0.15, -0.1) is 0 Å². The number of hydrogen-bond acceptors (Lipinski definition) is 1. The van der Waals surface area contributed by atoms with Gasteiger partial charge in [0.1, 0.15) is 0 Å². The van der Waals surface area contributed by atoms with Crippen LogP contribution in [0, 0.1) is 0 Å². The van der Waals surface area contributed by atoms with Crippen LogP contribution < -0.4 is 10.4 Å². The Bertz CT molecular complexity index is 526. The normalized spacial score (nSPS) is 14.2. The summed E-state index contributed by atoms with van der Waals surface area (Å²) >= 11 is 0. The molecule has 0 saturated carbocycles. The molecule has 2 nitrogen and oxygen atoms in total. The zero-order valence-corrected chi connectivity index (χ0v) is 9.49. The fourth-order valence-corrected chi connectivity index (χ4v) is 2.16. The molecule has 1 aliphatic rings. The summed E-state index contributed by atoms with van der Waals surface area (Å²) in [6.07, 6.45) is 5.31. The number of rotatable bonds is 3. The van der Waals surface area contributed by atoms with Crippen molar-refractivity contribution in [3.63, 3.8) is 0 Å². The fourth-order valence-electron chi connectivity index (χ4n) is 2.16. The van der Waals surface area contributed by atoms with Crippen LogP contribution in [0.25, 0.3) is 11.6 Å². The minimum absolute atomic E-state index is 0.210. The van der Waals surface area contributed by atoms with Gasteiger partial charge in [-0.1, -0.05) is 29.8 Å². The molecule has 0 radical (unpaired) electrons. The Morgan fingerprint density at radius 1 is 1.44 bits per heavy atom. The molecule has 0 saturated heterocycles. The average Bonchev–Trinajstić information content (AvgIpc) is 2.26. The van der Waals surface area contributed by atoms with Crippen LogP contribution in [-0.4, -0.2) is 11.1 Å². The average molecular weight is 216 g/mol. The standard InChI is InChI=1S/C14H16O2/c1-10-3-2-4-12-9-11(5-7-13(10)12)6-8-14(15)16/h4-5,7,9H,2-3,6,8H2,1H3,(H,15,16). The summed E-state index contributed by atoms with van der Waals surface area (Å²) in [5.74, 6) is -0.732. The van der Waals surface area contributed by atoms with Crippen molar-refractivity contribution in [2.75, 3.05) is 0 Å². The van der Waals surface area contributed by atoms with Gasteiger partial charge in [-0.25, -0.2) is 0 Å². The largest absolute Gasteiger partial charge is 0.481 e. The summed E-state index contributed by atoms with van der Waals surface area (Å²) in [5, 5.41) is 11.2. The van der Waals surface area contributed by atoms with Crippen molar-refractivity contribution in [3.05, 3.63) is 34.2 Å². The zero-order valence-electron chi connectivity index (χ0n) is 9.49. The van der Waals surface area contributed by atoms with E-state index in [1.807, 2.05) is 6.07 Å². The first-order chi connectivity index (χ1) is 7.66. The third-order valence-electron chi connectivity index (χ3n) is 3.09. The van der Waals surface area contributed by atoms with Crippen LogP contribution in [0.15, 0.2) is 18.2 Å². The molecule has 0 unspecified atom stereocenters. The quantitative estimate of drug-likeness (QED) is 0.830. The van der Waals surface area contributed by atoms with Gasteiger partial charge in [-0.05, 0) is 42.2 Å². The lowest BCUT2D eigenvalue weighted by Gasteiger charge is -2.07. The molecular formula is C14H16O2. The number of aryl methyl sites for hydroxylation is 1. The maximum Gasteiger partial charge on any atom is 0.303 e. The highest BCUT2D eigenvalue weighted by Crippen LogP contribution is 2.07. The second-order valence-corrected chi connectivity index (χ2v) is 4.34. The highest BCUT2D eigenvalue weighted by Gasteiger charge is 2.02. The molecular weight excluding hydrogens is 200 g/mol. The number of carboxylic acids is 1. The molecule has 16 heavy (non-hydrogen) atoms. The topological polar surface area (TPSA) is 37.3 Å². The molecule has 0 amide bonds. The molecule has 0 bridgehead atoms. The van der Waals surface area contributed by atoms with E-state index in [1.165, 1.54) is 16.0 Å². The predicted octanol–water partition coefficient (Wildman–Crippen LogP) is 1.45. The second kappa shape index (κ2) is 4.52. The number of carboxylic acid groups (broad SMARTS) is 1. The Balaban J connectivity index is 2.33. The smallest absolute Gasteiger partial charge is 0.303 e. The number of carbonyl (C=O) groups is 1. The summed E-state index contributed by atoms with van der Waals surface area (Å²) < 4.78 is 0. The minimum Gasteiger partial charge on any atom is -0.481 e. The summed E-state index contributed by atoms with van der Waals surface area (Å²) in [4.78, 5) is 10.5. The number of fused-ring (bicyclic) bond motifs is 1. The molecule has 1 aromatic carbocycles. The van der Waals surface area contributed by atoms with E-state index in [0.717, 1.165) is 18.4 Å². The van der Waals surface area contributed by atoms with Crippen LogP contribution in [-0.2, 0) is 11.2 Å². The van der Waals surface area contributed by atoms with Crippen molar-refractivity contribution < 1.29 is 9.90 Å². The van der Waals surface area contributed by atoms with Crippen LogP contribution in [0.4, 0.5) is 0 Å². The lowest BCUT2D eigenvalue weighted by molar-refractivity contribution is -0.136. The summed E-state index contributed by atoms with van der Waals surface area (Å²) in [6.45, 7) is 2.17. The first-order valence-corrected chi connectivity index (χ1v) is 5.67. The van der Waals surface area contributed by atoms with Crippen molar-refractivity contribution in [1.29, 1.82) is 0 Å². The van der Waals surface area contributed by atoms with Gasteiger partial charge in [-0.3, -0.25) is 4.79 Å². The summed E-state index contributed by atoms with van der Waals surface area (Å²) in [7, 11) is 0. The van der Waals surface area contributed by atoms with Crippen LogP contribution in [0.1, 0.15) is 31.7 Å². The van der Waals surface area contributed by atoms with Crippen molar-refractivity contribution >= 4 is 17.6 Å². The van der Waals surface area contributed by atoms with E-state index in [-0.39, 0.29) is 6.42 Å². The molecule has 1 aliphatic carbocycles. The molecule has 0 spiro atoms. The van der Waals surface area contributed by atoms with Crippen LogP contribution in [0.2, 0.25) is 0 Å². The highest BCUT2D eigenvalue weighted by molar-refractivity contribution is 5.67. The molecule has 0 aliphatic heterocycles. The maximum absolute atomic E-state index is 10.5. The van der Waals surface area contributed by atoms with E-state index in [4.69, 9.17) is 5.11 Å². The van der Waals surface area contributed by atoms with Gasteiger partial charge in [0, 0.05) is 6.42 Å². The van der Waals surface area contributed by atoms with E-state index in [1.54, 1.807) is 0 Å². The third-order valence-corrected chi connectivity index (χ3v) is 3.09. The molecule has 0 atom stereocenters. The highest BCUT2D eigenvalue weighted by atomic mass is 16.4. The van der Waals surface area contributed by atoms with Crippen molar-refractivity contribution in [1.82, 2.24) is 0 Å². The second-order valence-electron chi connectivity index (χ2n) is 4.34. The Kier molecular flexibility index (Phi) is 3.09. The Hall–Kier alpha value is -1.57. The predicted molar refractivity (Wildman–Crippen MR) is 64.4 cm³/mol. The fraction of sp³-hybridized carbons (Fsp3) is 0.357. The van der Waals surface area contributed by atoms with Gasteiger partial charge in [0.2, 0.25) is 0 Å². The van der Waals surface area contributed by atoms with Crippen LogP contribution >= 0.6 is 0 Å². The Morgan fingerprint density at radius 2 is 2.25 bits per heavy atom. The SMILES string of the molecule is CC1=c2ccc(CCC(=O)O)cc2=CCC1. The van der Waals surface area contributed by atoms with Gasteiger partial charge >= 0.3 is 5.97 Å². The molecule has 0 aromatic heterocycles. The van der Waals surface area contributed by atoms with Crippen molar-refractivity contribution in [2.24, 2.45) is 0 Å². The molecule has 2 rings (SSSR count). The van der Waals surface area contributed by atoms with E-state index in [9.17, 15) is 4.79 Å². The third kappa shape index (κ3) is 2.32. The number of hydrogen-bond donors (Lipinski definition) is 1. The van der Waals surface area contributed by atoms with Gasteiger partial charge in [-0.2, -0.15) is 0 Å². The maximum atomic E-state index is 10.5. The zero-order chi connectivity index (χ0) is 11.5. The van der Waals surface area contributed by atoms with Crippen molar-refractivity contribution in [3.8, 4) is 0 Å². The lowest BCUT2D eigenvalue weighted by Crippen LogP contribution is -2.29. The van der Waals surface area contributed by atoms with E-state index in [0.29, 0.717) is 6.42 Å². The first kappa shape index (κ1) is 10.9. The molecule has 0 fully saturated rings. The van der Waals surface area contributed by atoms with Gasteiger partial charge in [0.15, 0.2) is 0 Å². The van der Waals surface area contributed by atoms with Crippen LogP contribution in [0.5, 0.6) is 0 Å². The van der Waals surface area contributed by atoms with Crippen molar-refractivity contribution in [2.45, 2.75) is 32.6 Å². The Labute approximate surface area is 94.9 Å². The summed E-state index contributed by atoms with van der Waals surface area (Å²) in [6, 6.07) is 6.29. The first-order valence-electron chi connectivity index (χ1n) is 5.67. The molecule has 84 valence electrons. The van der Waals surface area contributed by atoms with Crippen LogP contribution in [0.3, 0.4) is 0 Å². The van der Waals surface area contributed by atoms with Gasteiger partial charge in [0.05, 0.1) is 0 Å². The lowest BCUT2D eigenvalue weighted by atomic mass is 9.98. The molecule has 0 heterocycles. The molecule has 1 N–H and O–H groups in total. The van der Waals surface area contributed by atoms with E-state index < -0.39 is 5.97 Å².